The molecule has 0 bridgehead atoms. The van der Waals surface area contributed by atoms with Crippen molar-refractivity contribution in [2.45, 2.75) is 20.4 Å². The number of oxazole rings is 1. The third-order valence-corrected chi connectivity index (χ3v) is 4.99. The number of anilines is 1. The molecule has 2 heterocycles. The van der Waals surface area contributed by atoms with Gasteiger partial charge in [-0.1, -0.05) is 24.3 Å². The van der Waals surface area contributed by atoms with Crippen molar-refractivity contribution in [3.05, 3.63) is 59.5 Å². The summed E-state index contributed by atoms with van der Waals surface area (Å²) in [5.74, 6) is 0.726. The van der Waals surface area contributed by atoms with Gasteiger partial charge in [0, 0.05) is 31.9 Å². The first-order chi connectivity index (χ1) is 13.1. The van der Waals surface area contributed by atoms with Crippen molar-refractivity contribution in [3.63, 3.8) is 0 Å². The van der Waals surface area contributed by atoms with Crippen molar-refractivity contribution in [2.24, 2.45) is 0 Å². The first-order valence-corrected chi connectivity index (χ1v) is 9.28. The van der Waals surface area contributed by atoms with Gasteiger partial charge in [-0.3, -0.25) is 4.90 Å². The quantitative estimate of drug-likeness (QED) is 0.768. The van der Waals surface area contributed by atoms with Gasteiger partial charge >= 0.3 is 6.03 Å². The summed E-state index contributed by atoms with van der Waals surface area (Å²) in [7, 11) is 0. The van der Waals surface area contributed by atoms with Crippen molar-refractivity contribution in [2.75, 3.05) is 31.5 Å². The van der Waals surface area contributed by atoms with E-state index in [9.17, 15) is 4.79 Å². The number of rotatable bonds is 3. The van der Waals surface area contributed by atoms with Gasteiger partial charge < -0.3 is 14.6 Å². The van der Waals surface area contributed by atoms with Crippen molar-refractivity contribution in [1.29, 1.82) is 0 Å². The number of fused-ring (bicyclic) bond motifs is 1. The maximum absolute atomic E-state index is 12.6. The molecule has 6 heteroatoms. The minimum atomic E-state index is -0.0368. The van der Waals surface area contributed by atoms with Gasteiger partial charge in [0.1, 0.15) is 5.52 Å². The number of para-hydroxylation sites is 2. The monoisotopic (exact) mass is 364 g/mol. The highest BCUT2D eigenvalue weighted by Gasteiger charge is 2.22. The molecule has 4 rings (SSSR count). The SMILES string of the molecule is Cc1ccc(C)c(NC(=O)N2CCN(Cc3nc4ccccc4o3)CC2)c1. The lowest BCUT2D eigenvalue weighted by Gasteiger charge is -2.34. The smallest absolute Gasteiger partial charge is 0.321 e. The van der Waals surface area contributed by atoms with Crippen LogP contribution in [0.2, 0.25) is 0 Å². The van der Waals surface area contributed by atoms with Crippen molar-refractivity contribution in [3.8, 4) is 0 Å². The minimum absolute atomic E-state index is 0.0368. The number of urea groups is 1. The Balaban J connectivity index is 1.33. The zero-order chi connectivity index (χ0) is 18.8. The Morgan fingerprint density at radius 3 is 2.67 bits per heavy atom. The lowest BCUT2D eigenvalue weighted by Crippen LogP contribution is -2.49. The van der Waals surface area contributed by atoms with E-state index >= 15 is 0 Å². The second-order valence-electron chi connectivity index (χ2n) is 7.09. The van der Waals surface area contributed by atoms with Crippen LogP contribution in [0.15, 0.2) is 46.9 Å². The molecule has 0 aliphatic carbocycles. The molecule has 6 nitrogen and oxygen atoms in total. The van der Waals surface area contributed by atoms with Crippen molar-refractivity contribution < 1.29 is 9.21 Å². The fourth-order valence-corrected chi connectivity index (χ4v) is 3.35. The third-order valence-electron chi connectivity index (χ3n) is 4.99. The largest absolute Gasteiger partial charge is 0.439 e. The first kappa shape index (κ1) is 17.5. The molecule has 2 aromatic carbocycles. The van der Waals surface area contributed by atoms with E-state index in [1.54, 1.807) is 0 Å². The summed E-state index contributed by atoms with van der Waals surface area (Å²) in [5, 5.41) is 3.04. The number of carbonyl (C=O) groups excluding carboxylic acids is 1. The molecule has 0 saturated carbocycles. The average molecular weight is 364 g/mol. The molecule has 1 saturated heterocycles. The molecule has 27 heavy (non-hydrogen) atoms. The van der Waals surface area contributed by atoms with Gasteiger partial charge in [0.05, 0.1) is 6.54 Å². The maximum Gasteiger partial charge on any atom is 0.321 e. The van der Waals surface area contributed by atoms with Gasteiger partial charge in [0.25, 0.3) is 0 Å². The van der Waals surface area contributed by atoms with E-state index in [4.69, 9.17) is 4.42 Å². The Morgan fingerprint density at radius 1 is 1.11 bits per heavy atom. The van der Waals surface area contributed by atoms with Crippen LogP contribution < -0.4 is 5.32 Å². The van der Waals surface area contributed by atoms with E-state index in [0.717, 1.165) is 46.9 Å². The van der Waals surface area contributed by atoms with Gasteiger partial charge in [0.2, 0.25) is 5.89 Å². The number of carbonyl (C=O) groups is 1. The second kappa shape index (κ2) is 7.40. The number of nitrogens with one attached hydrogen (secondary N) is 1. The van der Waals surface area contributed by atoms with E-state index in [2.05, 4.69) is 21.3 Å². The van der Waals surface area contributed by atoms with Crippen LogP contribution in [0.25, 0.3) is 11.1 Å². The molecule has 0 radical (unpaired) electrons. The standard InChI is InChI=1S/C21H24N4O2/c1-15-7-8-16(2)18(13-15)23-21(26)25-11-9-24(10-12-25)14-20-22-17-5-3-4-6-19(17)27-20/h3-8,13H,9-12,14H2,1-2H3,(H,23,26). The lowest BCUT2D eigenvalue weighted by molar-refractivity contribution is 0.136. The Hall–Kier alpha value is -2.86. The molecule has 1 fully saturated rings. The van der Waals surface area contributed by atoms with Gasteiger partial charge in [-0.15, -0.1) is 0 Å². The van der Waals surface area contributed by atoms with Crippen LogP contribution in [-0.4, -0.2) is 47.0 Å². The van der Waals surface area contributed by atoms with E-state index in [0.29, 0.717) is 19.6 Å². The number of piperazine rings is 1. The highest BCUT2D eigenvalue weighted by atomic mass is 16.3. The van der Waals surface area contributed by atoms with E-state index in [-0.39, 0.29) is 6.03 Å². The summed E-state index contributed by atoms with van der Waals surface area (Å²) in [5.41, 5.74) is 4.80. The van der Waals surface area contributed by atoms with Crippen molar-refractivity contribution >= 4 is 22.8 Å². The Labute approximate surface area is 158 Å². The van der Waals surface area contributed by atoms with Crippen LogP contribution in [0.4, 0.5) is 10.5 Å². The summed E-state index contributed by atoms with van der Waals surface area (Å²) >= 11 is 0. The molecule has 1 aliphatic rings. The Morgan fingerprint density at radius 2 is 1.89 bits per heavy atom. The molecule has 1 aromatic heterocycles. The molecule has 3 aromatic rings. The number of hydrogen-bond acceptors (Lipinski definition) is 4. The summed E-state index contributed by atoms with van der Waals surface area (Å²) in [6.07, 6.45) is 0. The fraction of sp³-hybridized carbons (Fsp3) is 0.333. The maximum atomic E-state index is 12.6. The van der Waals surface area contributed by atoms with Gasteiger partial charge in [-0.25, -0.2) is 9.78 Å². The predicted octanol–water partition coefficient (Wildman–Crippen LogP) is 3.79. The Kier molecular flexibility index (Phi) is 4.81. The van der Waals surface area contributed by atoms with Crippen LogP contribution in [0.1, 0.15) is 17.0 Å². The van der Waals surface area contributed by atoms with Gasteiger partial charge in [0.15, 0.2) is 5.58 Å². The summed E-state index contributed by atoms with van der Waals surface area (Å²) in [6.45, 7) is 7.69. The summed E-state index contributed by atoms with van der Waals surface area (Å²) in [4.78, 5) is 21.2. The average Bonchev–Trinajstić information content (AvgIpc) is 3.07. The van der Waals surface area contributed by atoms with Gasteiger partial charge in [-0.2, -0.15) is 0 Å². The number of amides is 2. The normalized spacial score (nSPS) is 15.3. The molecule has 0 atom stereocenters. The highest BCUT2D eigenvalue weighted by Crippen LogP contribution is 2.19. The van der Waals surface area contributed by atoms with E-state index in [1.807, 2.05) is 55.1 Å². The number of aryl methyl sites for hydroxylation is 2. The van der Waals surface area contributed by atoms with Crippen LogP contribution in [0.5, 0.6) is 0 Å². The number of nitrogens with zero attached hydrogens (tertiary/aromatic N) is 3. The zero-order valence-corrected chi connectivity index (χ0v) is 15.7. The van der Waals surface area contributed by atoms with Crippen molar-refractivity contribution in [1.82, 2.24) is 14.8 Å². The van der Waals surface area contributed by atoms with Crippen LogP contribution >= 0.6 is 0 Å². The molecule has 140 valence electrons. The van der Waals surface area contributed by atoms with E-state index in [1.165, 1.54) is 0 Å². The number of benzene rings is 2. The summed E-state index contributed by atoms with van der Waals surface area (Å²) < 4.78 is 5.80. The summed E-state index contributed by atoms with van der Waals surface area (Å²) in [6, 6.07) is 13.9. The second-order valence-corrected chi connectivity index (χ2v) is 7.09. The van der Waals surface area contributed by atoms with Gasteiger partial charge in [-0.05, 0) is 43.2 Å². The molecular formula is C21H24N4O2. The molecule has 1 aliphatic heterocycles. The molecule has 2 amide bonds. The third kappa shape index (κ3) is 3.95. The van der Waals surface area contributed by atoms with Crippen LogP contribution in [0, 0.1) is 13.8 Å². The number of aromatic nitrogens is 1. The topological polar surface area (TPSA) is 61.6 Å². The van der Waals surface area contributed by atoms with Crippen LogP contribution in [0.3, 0.4) is 0 Å². The molecule has 0 spiro atoms. The van der Waals surface area contributed by atoms with Crippen LogP contribution in [-0.2, 0) is 6.54 Å². The predicted molar refractivity (Wildman–Crippen MR) is 106 cm³/mol. The lowest BCUT2D eigenvalue weighted by atomic mass is 10.1. The molecule has 1 N–H and O–H groups in total. The Bertz CT molecular complexity index is 925. The first-order valence-electron chi connectivity index (χ1n) is 9.28. The van der Waals surface area contributed by atoms with E-state index < -0.39 is 0 Å². The molecular weight excluding hydrogens is 340 g/mol. The fourth-order valence-electron chi connectivity index (χ4n) is 3.35. The molecule has 0 unspecified atom stereocenters. The minimum Gasteiger partial charge on any atom is -0.439 e. The zero-order valence-electron chi connectivity index (χ0n) is 15.7. The highest BCUT2D eigenvalue weighted by molar-refractivity contribution is 5.90. The number of hydrogen-bond donors (Lipinski definition) is 1.